The zero-order chi connectivity index (χ0) is 11.9. The van der Waals surface area contributed by atoms with E-state index in [1.165, 1.54) is 17.0 Å². The molecule has 0 aliphatic rings. The quantitative estimate of drug-likeness (QED) is 0.690. The molecule has 0 spiro atoms. The third kappa shape index (κ3) is 3.20. The molecule has 2 aromatic rings. The molecular formula is C17H18. The Morgan fingerprint density at radius 2 is 1.24 bits per heavy atom. The van der Waals surface area contributed by atoms with Crippen LogP contribution in [-0.4, -0.2) is 0 Å². The molecule has 0 heteroatoms. The molecule has 2 rings (SSSR count). The maximum atomic E-state index is 3.93. The Kier molecular flexibility index (Phi) is 4.37. The van der Waals surface area contributed by atoms with Crippen LogP contribution in [0.2, 0.25) is 0 Å². The lowest BCUT2D eigenvalue weighted by atomic mass is 9.87. The lowest BCUT2D eigenvalue weighted by Crippen LogP contribution is -2.01. The first-order chi connectivity index (χ1) is 8.42. The fraction of sp³-hybridized carbons (Fsp3) is 0.176. The zero-order valence-electron chi connectivity index (χ0n) is 10.1. The van der Waals surface area contributed by atoms with Crippen LogP contribution >= 0.6 is 0 Å². The first kappa shape index (κ1) is 11.9. The van der Waals surface area contributed by atoms with Crippen molar-refractivity contribution in [3.8, 4) is 0 Å². The van der Waals surface area contributed by atoms with E-state index in [9.17, 15) is 0 Å². The minimum absolute atomic E-state index is 0.989. The van der Waals surface area contributed by atoms with E-state index >= 15 is 0 Å². The summed E-state index contributed by atoms with van der Waals surface area (Å²) in [5.74, 6) is 1.43. The van der Waals surface area contributed by atoms with Crippen molar-refractivity contribution >= 4 is 0 Å². The second-order valence-corrected chi connectivity index (χ2v) is 4.17. The van der Waals surface area contributed by atoms with Gasteiger partial charge in [0.15, 0.2) is 0 Å². The molecular weight excluding hydrogens is 204 g/mol. The Labute approximate surface area is 104 Å². The summed E-state index contributed by atoms with van der Waals surface area (Å²) in [5.41, 5.74) is 2.65. The van der Waals surface area contributed by atoms with Crippen LogP contribution in [0.25, 0.3) is 0 Å². The molecule has 0 aliphatic carbocycles. The van der Waals surface area contributed by atoms with Crippen LogP contribution < -0.4 is 0 Å². The number of benzene rings is 2. The van der Waals surface area contributed by atoms with E-state index < -0.39 is 0 Å². The average molecular weight is 222 g/mol. The van der Waals surface area contributed by atoms with E-state index in [1.807, 2.05) is 0 Å². The van der Waals surface area contributed by atoms with Gasteiger partial charge in [-0.1, -0.05) is 80.4 Å². The summed E-state index contributed by atoms with van der Waals surface area (Å²) >= 11 is 0. The van der Waals surface area contributed by atoms with Crippen molar-refractivity contribution in [2.45, 2.75) is 19.3 Å². The summed E-state index contributed by atoms with van der Waals surface area (Å²) in [6.45, 7) is 3.93. The molecule has 17 heavy (non-hydrogen) atoms. The first-order valence-corrected chi connectivity index (χ1v) is 6.17. The molecule has 0 bridgehead atoms. The minimum atomic E-state index is 0.989. The van der Waals surface area contributed by atoms with Crippen LogP contribution in [0.4, 0.5) is 0 Å². The Morgan fingerprint density at radius 3 is 1.65 bits per heavy atom. The molecule has 0 N–H and O–H groups in total. The van der Waals surface area contributed by atoms with Crippen molar-refractivity contribution < 1.29 is 0 Å². The van der Waals surface area contributed by atoms with E-state index in [2.05, 4.69) is 67.6 Å². The van der Waals surface area contributed by atoms with Gasteiger partial charge in [0.2, 0.25) is 0 Å². The van der Waals surface area contributed by atoms with E-state index in [0.717, 1.165) is 19.3 Å². The predicted molar refractivity (Wildman–Crippen MR) is 73.5 cm³/mol. The number of rotatable bonds is 5. The maximum Gasteiger partial charge on any atom is 0.0340 e. The Bertz CT molecular complexity index is 377. The predicted octanol–water partition coefficient (Wildman–Crippen LogP) is 4.66. The van der Waals surface area contributed by atoms with Gasteiger partial charge in [-0.3, -0.25) is 0 Å². The van der Waals surface area contributed by atoms with Crippen molar-refractivity contribution in [2.75, 3.05) is 0 Å². The van der Waals surface area contributed by atoms with Crippen molar-refractivity contribution in [3.05, 3.63) is 84.6 Å². The molecule has 0 unspecified atom stereocenters. The zero-order valence-corrected chi connectivity index (χ0v) is 10.1. The van der Waals surface area contributed by atoms with Crippen molar-refractivity contribution in [1.82, 2.24) is 0 Å². The van der Waals surface area contributed by atoms with Crippen molar-refractivity contribution in [2.24, 2.45) is 0 Å². The SMILES string of the molecule is [CH2]CCC[C](c1ccccc1)c1ccccc1. The van der Waals surface area contributed by atoms with Gasteiger partial charge < -0.3 is 0 Å². The van der Waals surface area contributed by atoms with Gasteiger partial charge in [0, 0.05) is 5.92 Å². The third-order valence-electron chi connectivity index (χ3n) is 2.92. The summed E-state index contributed by atoms with van der Waals surface area (Å²) < 4.78 is 0. The Balaban J connectivity index is 2.26. The van der Waals surface area contributed by atoms with Gasteiger partial charge in [-0.25, -0.2) is 0 Å². The molecule has 0 fully saturated rings. The van der Waals surface area contributed by atoms with Crippen LogP contribution in [0.1, 0.15) is 30.4 Å². The van der Waals surface area contributed by atoms with E-state index in [0.29, 0.717) is 0 Å². The van der Waals surface area contributed by atoms with Gasteiger partial charge in [0.25, 0.3) is 0 Å². The van der Waals surface area contributed by atoms with Gasteiger partial charge >= 0.3 is 0 Å². The van der Waals surface area contributed by atoms with E-state index in [-0.39, 0.29) is 0 Å². The molecule has 0 heterocycles. The molecule has 0 saturated heterocycles. The summed E-state index contributed by atoms with van der Waals surface area (Å²) in [6.07, 6.45) is 3.22. The normalized spacial score (nSPS) is 10.7. The number of unbranched alkanes of at least 4 members (excludes halogenated alkanes) is 1. The van der Waals surface area contributed by atoms with Crippen molar-refractivity contribution in [3.63, 3.8) is 0 Å². The second-order valence-electron chi connectivity index (χ2n) is 4.17. The average Bonchev–Trinajstić information content (AvgIpc) is 2.42. The standard InChI is InChI=1S/C17H18/c1-2-3-14-17(15-10-6-4-7-11-15)16-12-8-5-9-13-16/h4-13H,1-3,14H2. The first-order valence-electron chi connectivity index (χ1n) is 6.17. The lowest BCUT2D eigenvalue weighted by Gasteiger charge is -2.16. The maximum absolute atomic E-state index is 3.93. The topological polar surface area (TPSA) is 0 Å². The highest BCUT2D eigenvalue weighted by atomic mass is 14.2. The largest absolute Gasteiger partial charge is 0.0622 e. The van der Waals surface area contributed by atoms with Gasteiger partial charge in [0.1, 0.15) is 0 Å². The van der Waals surface area contributed by atoms with Gasteiger partial charge in [0.05, 0.1) is 0 Å². The Morgan fingerprint density at radius 1 is 0.765 bits per heavy atom. The van der Waals surface area contributed by atoms with Gasteiger partial charge in [-0.15, -0.1) is 0 Å². The number of hydrogen-bond acceptors (Lipinski definition) is 0. The monoisotopic (exact) mass is 222 g/mol. The Hall–Kier alpha value is -1.56. The summed E-state index contributed by atoms with van der Waals surface area (Å²) in [7, 11) is 0. The molecule has 2 aromatic carbocycles. The highest BCUT2D eigenvalue weighted by molar-refractivity contribution is 5.45. The second kappa shape index (κ2) is 6.24. The summed E-state index contributed by atoms with van der Waals surface area (Å²) in [4.78, 5) is 0. The molecule has 0 aliphatic heterocycles. The molecule has 86 valence electrons. The van der Waals surface area contributed by atoms with Gasteiger partial charge in [-0.05, 0) is 17.5 Å². The van der Waals surface area contributed by atoms with Gasteiger partial charge in [-0.2, -0.15) is 0 Å². The number of hydrogen-bond donors (Lipinski definition) is 0. The molecule has 0 atom stereocenters. The molecule has 2 radical (unpaired) electrons. The summed E-state index contributed by atoms with van der Waals surface area (Å²) in [6, 6.07) is 21.3. The fourth-order valence-electron chi connectivity index (χ4n) is 2.04. The van der Waals surface area contributed by atoms with Crippen LogP contribution in [0.5, 0.6) is 0 Å². The fourth-order valence-corrected chi connectivity index (χ4v) is 2.04. The van der Waals surface area contributed by atoms with E-state index in [4.69, 9.17) is 0 Å². The molecule has 0 saturated carbocycles. The molecule has 0 nitrogen and oxygen atoms in total. The van der Waals surface area contributed by atoms with E-state index in [1.54, 1.807) is 0 Å². The summed E-state index contributed by atoms with van der Waals surface area (Å²) in [5, 5.41) is 0. The van der Waals surface area contributed by atoms with Crippen LogP contribution in [-0.2, 0) is 0 Å². The molecule has 0 aromatic heterocycles. The highest BCUT2D eigenvalue weighted by Crippen LogP contribution is 2.28. The highest BCUT2D eigenvalue weighted by Gasteiger charge is 2.13. The third-order valence-corrected chi connectivity index (χ3v) is 2.92. The lowest BCUT2D eigenvalue weighted by molar-refractivity contribution is 0.789. The van der Waals surface area contributed by atoms with Crippen molar-refractivity contribution in [1.29, 1.82) is 0 Å². The molecule has 0 amide bonds. The smallest absolute Gasteiger partial charge is 0.0340 e. The van der Waals surface area contributed by atoms with Crippen LogP contribution in [0, 0.1) is 12.8 Å². The minimum Gasteiger partial charge on any atom is -0.0622 e. The van der Waals surface area contributed by atoms with Crippen LogP contribution in [0.15, 0.2) is 60.7 Å². The van der Waals surface area contributed by atoms with Crippen LogP contribution in [0.3, 0.4) is 0 Å².